The fourth-order valence-corrected chi connectivity index (χ4v) is 2.58. The molecular weight excluding hydrogens is 356 g/mol. The summed E-state index contributed by atoms with van der Waals surface area (Å²) in [6.45, 7) is 3.00. The lowest BCUT2D eigenvalue weighted by atomic mass is 10.1. The van der Waals surface area contributed by atoms with Gasteiger partial charge in [-0.1, -0.05) is 12.1 Å². The molecule has 0 aliphatic carbocycles. The van der Waals surface area contributed by atoms with Crippen molar-refractivity contribution in [2.45, 2.75) is 13.5 Å². The van der Waals surface area contributed by atoms with E-state index in [0.29, 0.717) is 18.8 Å². The summed E-state index contributed by atoms with van der Waals surface area (Å²) in [5, 5.41) is 0. The third-order valence-corrected chi connectivity index (χ3v) is 3.96. The van der Waals surface area contributed by atoms with Crippen LogP contribution >= 0.6 is 0 Å². The second-order valence-electron chi connectivity index (χ2n) is 5.91. The zero-order chi connectivity index (χ0) is 19.8. The first-order valence-corrected chi connectivity index (χ1v) is 8.91. The summed E-state index contributed by atoms with van der Waals surface area (Å²) in [7, 11) is 1.62. The largest absolute Gasteiger partial charge is 0.497 e. The highest BCUT2D eigenvalue weighted by atomic mass is 16.5. The molecular formula is C21H22N4O3. The Balaban J connectivity index is 1.61. The topological polar surface area (TPSA) is 85.4 Å². The Labute approximate surface area is 163 Å². The number of nitrogens with one attached hydrogen (secondary N) is 2. The molecule has 3 rings (SSSR count). The smallest absolute Gasteiger partial charge is 0.285 e. The number of amides is 1. The van der Waals surface area contributed by atoms with E-state index in [2.05, 4.69) is 20.8 Å². The molecule has 3 aromatic rings. The Morgan fingerprint density at radius 2 is 1.89 bits per heavy atom. The first-order valence-electron chi connectivity index (χ1n) is 8.91. The van der Waals surface area contributed by atoms with E-state index in [0.717, 1.165) is 22.6 Å². The predicted octanol–water partition coefficient (Wildman–Crippen LogP) is 2.99. The molecule has 0 saturated carbocycles. The lowest BCUT2D eigenvalue weighted by molar-refractivity contribution is 0.0927. The molecule has 0 radical (unpaired) electrons. The Kier molecular flexibility index (Phi) is 6.54. The number of methoxy groups -OCH3 is 1. The van der Waals surface area contributed by atoms with Gasteiger partial charge in [0, 0.05) is 12.1 Å². The molecule has 2 N–H and O–H groups in total. The van der Waals surface area contributed by atoms with Gasteiger partial charge in [-0.25, -0.2) is 10.4 Å². The van der Waals surface area contributed by atoms with Crippen molar-refractivity contribution in [1.29, 1.82) is 0 Å². The molecule has 0 unspecified atom stereocenters. The summed E-state index contributed by atoms with van der Waals surface area (Å²) in [4.78, 5) is 20.9. The van der Waals surface area contributed by atoms with Crippen molar-refractivity contribution in [2.75, 3.05) is 13.7 Å². The van der Waals surface area contributed by atoms with E-state index in [-0.39, 0.29) is 11.6 Å². The van der Waals surface area contributed by atoms with Gasteiger partial charge in [0.15, 0.2) is 0 Å². The van der Waals surface area contributed by atoms with Crippen LogP contribution in [0, 0.1) is 0 Å². The van der Waals surface area contributed by atoms with Crippen molar-refractivity contribution in [2.24, 2.45) is 0 Å². The van der Waals surface area contributed by atoms with Gasteiger partial charge in [-0.2, -0.15) is 0 Å². The first-order chi connectivity index (χ1) is 13.7. The Bertz CT molecular complexity index is 929. The average molecular weight is 378 g/mol. The second kappa shape index (κ2) is 9.48. The molecule has 7 nitrogen and oxygen atoms in total. The highest BCUT2D eigenvalue weighted by molar-refractivity contribution is 5.92. The van der Waals surface area contributed by atoms with Gasteiger partial charge in [0.2, 0.25) is 0 Å². The van der Waals surface area contributed by atoms with Gasteiger partial charge in [0.05, 0.1) is 31.8 Å². The molecule has 7 heteroatoms. The van der Waals surface area contributed by atoms with E-state index in [4.69, 9.17) is 9.47 Å². The molecule has 0 fully saturated rings. The van der Waals surface area contributed by atoms with Crippen molar-refractivity contribution in [3.8, 4) is 22.8 Å². The van der Waals surface area contributed by atoms with Crippen LogP contribution in [0.15, 0.2) is 60.9 Å². The van der Waals surface area contributed by atoms with E-state index in [1.165, 1.54) is 6.20 Å². The molecule has 0 bridgehead atoms. The quantitative estimate of drug-likeness (QED) is 0.586. The number of hydrazine groups is 1. The fraction of sp³-hybridized carbons (Fsp3) is 0.190. The van der Waals surface area contributed by atoms with Crippen LogP contribution in [0.2, 0.25) is 0 Å². The van der Waals surface area contributed by atoms with Crippen LogP contribution in [0.4, 0.5) is 0 Å². The minimum Gasteiger partial charge on any atom is -0.497 e. The van der Waals surface area contributed by atoms with Gasteiger partial charge in [-0.3, -0.25) is 15.2 Å². The molecule has 1 heterocycles. The molecule has 0 aliphatic heterocycles. The average Bonchev–Trinajstić information content (AvgIpc) is 2.75. The summed E-state index contributed by atoms with van der Waals surface area (Å²) in [6.07, 6.45) is 3.05. The van der Waals surface area contributed by atoms with Crippen molar-refractivity contribution in [3.05, 3.63) is 72.2 Å². The third kappa shape index (κ3) is 5.05. The number of carbonyl (C=O) groups excluding carboxylic acids is 1. The molecule has 28 heavy (non-hydrogen) atoms. The lowest BCUT2D eigenvalue weighted by Crippen LogP contribution is -2.37. The summed E-state index contributed by atoms with van der Waals surface area (Å²) in [5.41, 5.74) is 8.21. The molecule has 144 valence electrons. The highest BCUT2D eigenvalue weighted by Gasteiger charge is 2.10. The fourth-order valence-electron chi connectivity index (χ4n) is 2.58. The number of hydrogen-bond acceptors (Lipinski definition) is 6. The molecule has 1 aromatic heterocycles. The Morgan fingerprint density at radius 3 is 2.64 bits per heavy atom. The van der Waals surface area contributed by atoms with Crippen LogP contribution in [-0.4, -0.2) is 29.6 Å². The first kappa shape index (κ1) is 19.3. The standard InChI is InChI=1S/C21H22N4O3/c1-3-28-17-9-7-16(8-10-17)19-13-22-14-20(24-19)21(26)25-23-12-15-5-4-6-18(11-15)27-2/h4-11,13-14,23H,3,12H2,1-2H3,(H,25,26). The van der Waals surface area contributed by atoms with E-state index in [9.17, 15) is 4.79 Å². The van der Waals surface area contributed by atoms with Crippen molar-refractivity contribution in [1.82, 2.24) is 20.8 Å². The second-order valence-corrected chi connectivity index (χ2v) is 5.91. The van der Waals surface area contributed by atoms with Crippen LogP contribution in [0.5, 0.6) is 11.5 Å². The highest BCUT2D eigenvalue weighted by Crippen LogP contribution is 2.20. The Morgan fingerprint density at radius 1 is 1.07 bits per heavy atom. The summed E-state index contributed by atoms with van der Waals surface area (Å²) < 4.78 is 10.6. The minimum absolute atomic E-state index is 0.226. The van der Waals surface area contributed by atoms with Crippen LogP contribution in [0.3, 0.4) is 0 Å². The molecule has 0 spiro atoms. The van der Waals surface area contributed by atoms with E-state index < -0.39 is 0 Å². The molecule has 0 atom stereocenters. The van der Waals surface area contributed by atoms with Gasteiger partial charge >= 0.3 is 0 Å². The van der Waals surface area contributed by atoms with Gasteiger partial charge in [0.1, 0.15) is 17.2 Å². The summed E-state index contributed by atoms with van der Waals surface area (Å²) in [5.74, 6) is 1.19. The zero-order valence-electron chi connectivity index (χ0n) is 15.8. The molecule has 0 saturated heterocycles. The number of aromatic nitrogens is 2. The number of rotatable bonds is 8. The van der Waals surface area contributed by atoms with Crippen LogP contribution in [0.25, 0.3) is 11.3 Å². The minimum atomic E-state index is -0.358. The number of nitrogens with zero attached hydrogens (tertiary/aromatic N) is 2. The molecule has 2 aromatic carbocycles. The number of hydrogen-bond donors (Lipinski definition) is 2. The molecule has 1 amide bonds. The van der Waals surface area contributed by atoms with Gasteiger partial charge in [-0.15, -0.1) is 0 Å². The SMILES string of the molecule is CCOc1ccc(-c2cncc(C(=O)NNCc3cccc(OC)c3)n2)cc1. The number of benzene rings is 2. The van der Waals surface area contributed by atoms with E-state index in [1.807, 2.05) is 55.5 Å². The Hall–Kier alpha value is -3.45. The molecule has 0 aliphatic rings. The lowest BCUT2D eigenvalue weighted by Gasteiger charge is -2.09. The maximum Gasteiger partial charge on any atom is 0.285 e. The van der Waals surface area contributed by atoms with Crippen LogP contribution in [0.1, 0.15) is 23.0 Å². The van der Waals surface area contributed by atoms with Gasteiger partial charge < -0.3 is 9.47 Å². The maximum atomic E-state index is 12.4. The van der Waals surface area contributed by atoms with Crippen molar-refractivity contribution >= 4 is 5.91 Å². The van der Waals surface area contributed by atoms with Gasteiger partial charge in [0.25, 0.3) is 5.91 Å². The normalized spacial score (nSPS) is 10.4. The van der Waals surface area contributed by atoms with E-state index in [1.54, 1.807) is 13.3 Å². The maximum absolute atomic E-state index is 12.4. The monoisotopic (exact) mass is 378 g/mol. The van der Waals surface area contributed by atoms with Crippen molar-refractivity contribution in [3.63, 3.8) is 0 Å². The predicted molar refractivity (Wildman–Crippen MR) is 106 cm³/mol. The summed E-state index contributed by atoms with van der Waals surface area (Å²) >= 11 is 0. The number of ether oxygens (including phenoxy) is 2. The summed E-state index contributed by atoms with van der Waals surface area (Å²) in [6, 6.07) is 15.1. The van der Waals surface area contributed by atoms with Gasteiger partial charge in [-0.05, 0) is 48.9 Å². The van der Waals surface area contributed by atoms with E-state index >= 15 is 0 Å². The van der Waals surface area contributed by atoms with Crippen LogP contribution < -0.4 is 20.3 Å². The van der Waals surface area contributed by atoms with Crippen LogP contribution in [-0.2, 0) is 6.54 Å². The number of carbonyl (C=O) groups is 1. The van der Waals surface area contributed by atoms with Crippen molar-refractivity contribution < 1.29 is 14.3 Å². The zero-order valence-corrected chi connectivity index (χ0v) is 15.8. The third-order valence-electron chi connectivity index (χ3n) is 3.96.